The Hall–Kier alpha value is -2.35. The van der Waals surface area contributed by atoms with Gasteiger partial charge in [0.25, 0.3) is 0 Å². The van der Waals surface area contributed by atoms with Crippen LogP contribution in [0.25, 0.3) is 11.0 Å². The second-order valence-corrected chi connectivity index (χ2v) is 6.46. The van der Waals surface area contributed by atoms with Crippen LogP contribution in [0.2, 0.25) is 0 Å². The minimum absolute atomic E-state index is 0.169. The van der Waals surface area contributed by atoms with E-state index in [4.69, 9.17) is 0 Å². The number of H-pyrrole nitrogens is 1. The molecule has 132 valence electrons. The van der Waals surface area contributed by atoms with E-state index < -0.39 is 6.55 Å². The van der Waals surface area contributed by atoms with Gasteiger partial charge in [-0.1, -0.05) is 12.1 Å². The molecule has 0 aliphatic carbocycles. The fourth-order valence-corrected chi connectivity index (χ4v) is 3.70. The van der Waals surface area contributed by atoms with Crippen molar-refractivity contribution >= 4 is 11.0 Å². The lowest BCUT2D eigenvalue weighted by Gasteiger charge is -2.35. The average Bonchev–Trinajstić information content (AvgIpc) is 3.28. The Balaban J connectivity index is 1.56. The molecular weight excluding hydrogens is 326 g/mol. The second-order valence-electron chi connectivity index (χ2n) is 6.46. The zero-order valence-corrected chi connectivity index (χ0v) is 13.9. The number of hydrogen-bond acceptors (Lipinski definition) is 4. The first-order valence-corrected chi connectivity index (χ1v) is 8.49. The standard InChI is InChI=1S/C17H20F2N6/c1-11(24-8-6-12(7-9-24)15-20-10-21-23-15)16-22-13-4-2-3-5-14(13)25(16)17(18)19/h2-5,10-12,17H,6-9H2,1H3,(H,20,21,23)/t11-/m0/s1. The number of benzene rings is 1. The van der Waals surface area contributed by atoms with Crippen molar-refractivity contribution in [3.8, 4) is 0 Å². The normalized spacial score (nSPS) is 18.2. The molecule has 3 aromatic rings. The van der Waals surface area contributed by atoms with Gasteiger partial charge in [-0.3, -0.25) is 14.6 Å². The van der Waals surface area contributed by atoms with Crippen molar-refractivity contribution in [2.45, 2.75) is 38.3 Å². The summed E-state index contributed by atoms with van der Waals surface area (Å²) in [4.78, 5) is 10.9. The number of piperidine rings is 1. The van der Waals surface area contributed by atoms with Crippen LogP contribution in [-0.2, 0) is 0 Å². The van der Waals surface area contributed by atoms with Gasteiger partial charge >= 0.3 is 6.55 Å². The predicted molar refractivity (Wildman–Crippen MR) is 89.3 cm³/mol. The second kappa shape index (κ2) is 6.51. The van der Waals surface area contributed by atoms with Crippen LogP contribution in [0.4, 0.5) is 8.78 Å². The summed E-state index contributed by atoms with van der Waals surface area (Å²) in [5.74, 6) is 1.68. The Bertz CT molecular complexity index is 836. The molecular formula is C17H20F2N6. The molecule has 0 spiro atoms. The Labute approximate surface area is 143 Å². The van der Waals surface area contributed by atoms with Gasteiger partial charge in [0.15, 0.2) is 0 Å². The number of hydrogen-bond donors (Lipinski definition) is 1. The van der Waals surface area contributed by atoms with Crippen molar-refractivity contribution < 1.29 is 8.78 Å². The third kappa shape index (κ3) is 2.90. The average molecular weight is 346 g/mol. The summed E-state index contributed by atoms with van der Waals surface area (Å²) in [6.45, 7) is 0.990. The third-order valence-corrected chi connectivity index (χ3v) is 5.09. The highest BCUT2D eigenvalue weighted by atomic mass is 19.3. The third-order valence-electron chi connectivity index (χ3n) is 5.09. The van der Waals surface area contributed by atoms with E-state index in [2.05, 4.69) is 25.1 Å². The molecule has 1 saturated heterocycles. The molecule has 0 unspecified atom stereocenters. The van der Waals surface area contributed by atoms with E-state index in [1.165, 1.54) is 6.33 Å². The lowest BCUT2D eigenvalue weighted by Crippen LogP contribution is -2.36. The van der Waals surface area contributed by atoms with E-state index in [9.17, 15) is 8.78 Å². The summed E-state index contributed by atoms with van der Waals surface area (Å²) >= 11 is 0. The summed E-state index contributed by atoms with van der Waals surface area (Å²) in [6.07, 6.45) is 3.37. The molecule has 0 amide bonds. The molecule has 1 atom stereocenters. The summed E-state index contributed by atoms with van der Waals surface area (Å²) in [7, 11) is 0. The number of nitrogens with one attached hydrogen (secondary N) is 1. The zero-order valence-electron chi connectivity index (χ0n) is 13.9. The molecule has 6 nitrogen and oxygen atoms in total. The number of fused-ring (bicyclic) bond motifs is 1. The molecule has 0 saturated carbocycles. The number of alkyl halides is 2. The molecule has 1 aliphatic heterocycles. The lowest BCUT2D eigenvalue weighted by atomic mass is 9.95. The Morgan fingerprint density at radius 2 is 1.96 bits per heavy atom. The number of likely N-dealkylation sites (tertiary alicyclic amines) is 1. The topological polar surface area (TPSA) is 62.6 Å². The molecule has 0 radical (unpaired) electrons. The van der Waals surface area contributed by atoms with E-state index >= 15 is 0 Å². The van der Waals surface area contributed by atoms with Gasteiger partial charge < -0.3 is 0 Å². The zero-order chi connectivity index (χ0) is 17.4. The quantitative estimate of drug-likeness (QED) is 0.785. The highest BCUT2D eigenvalue weighted by molar-refractivity contribution is 5.76. The van der Waals surface area contributed by atoms with E-state index in [0.29, 0.717) is 22.8 Å². The smallest absolute Gasteiger partial charge is 0.294 e. The van der Waals surface area contributed by atoms with Crippen molar-refractivity contribution in [3.05, 3.63) is 42.2 Å². The Kier molecular flexibility index (Phi) is 4.20. The first kappa shape index (κ1) is 16.1. The first-order chi connectivity index (χ1) is 12.1. The number of halogens is 2. The molecule has 8 heteroatoms. The van der Waals surface area contributed by atoms with Crippen molar-refractivity contribution in [2.24, 2.45) is 0 Å². The van der Waals surface area contributed by atoms with Crippen LogP contribution < -0.4 is 0 Å². The number of rotatable bonds is 4. The van der Waals surface area contributed by atoms with Crippen LogP contribution >= 0.6 is 0 Å². The van der Waals surface area contributed by atoms with Gasteiger partial charge in [-0.25, -0.2) is 9.97 Å². The SMILES string of the molecule is C[C@@H](c1nc2ccccc2n1C(F)F)N1CCC(c2ncn[nH]2)CC1. The molecule has 0 bridgehead atoms. The van der Waals surface area contributed by atoms with Crippen molar-refractivity contribution in [2.75, 3.05) is 13.1 Å². The van der Waals surface area contributed by atoms with Crippen LogP contribution in [0.5, 0.6) is 0 Å². The molecule has 1 fully saturated rings. The van der Waals surface area contributed by atoms with Gasteiger partial charge in [0.05, 0.1) is 17.1 Å². The lowest BCUT2D eigenvalue weighted by molar-refractivity contribution is 0.0622. The van der Waals surface area contributed by atoms with Crippen LogP contribution in [0.15, 0.2) is 30.6 Å². The van der Waals surface area contributed by atoms with Gasteiger partial charge in [-0.2, -0.15) is 13.9 Å². The molecule has 1 aromatic carbocycles. The number of aromatic nitrogens is 5. The van der Waals surface area contributed by atoms with Gasteiger partial charge in [0, 0.05) is 5.92 Å². The summed E-state index contributed by atoms with van der Waals surface area (Å²) in [6, 6.07) is 6.89. The number of nitrogens with zero attached hydrogens (tertiary/aromatic N) is 5. The highest BCUT2D eigenvalue weighted by Gasteiger charge is 2.30. The predicted octanol–water partition coefficient (Wildman–Crippen LogP) is 3.49. The van der Waals surface area contributed by atoms with E-state index in [1.54, 1.807) is 18.2 Å². The molecule has 25 heavy (non-hydrogen) atoms. The first-order valence-electron chi connectivity index (χ1n) is 8.49. The van der Waals surface area contributed by atoms with Crippen molar-refractivity contribution in [1.82, 2.24) is 29.6 Å². The maximum absolute atomic E-state index is 13.7. The maximum Gasteiger partial charge on any atom is 0.320 e. The molecule has 4 rings (SSSR count). The van der Waals surface area contributed by atoms with Crippen LogP contribution in [-0.4, -0.2) is 42.7 Å². The largest absolute Gasteiger partial charge is 0.320 e. The highest BCUT2D eigenvalue weighted by Crippen LogP contribution is 2.33. The molecule has 1 aliphatic rings. The fraction of sp³-hybridized carbons (Fsp3) is 0.471. The van der Waals surface area contributed by atoms with Crippen LogP contribution in [0, 0.1) is 0 Å². The summed E-state index contributed by atoms with van der Waals surface area (Å²) in [5, 5.41) is 6.84. The number of para-hydroxylation sites is 2. The van der Waals surface area contributed by atoms with Gasteiger partial charge in [0.1, 0.15) is 18.0 Å². The molecule has 3 heterocycles. The van der Waals surface area contributed by atoms with Gasteiger partial charge in [-0.05, 0) is 45.0 Å². The van der Waals surface area contributed by atoms with E-state index in [1.807, 2.05) is 13.0 Å². The Morgan fingerprint density at radius 1 is 1.20 bits per heavy atom. The van der Waals surface area contributed by atoms with E-state index in [-0.39, 0.29) is 6.04 Å². The number of imidazole rings is 1. The van der Waals surface area contributed by atoms with Crippen LogP contribution in [0.3, 0.4) is 0 Å². The van der Waals surface area contributed by atoms with Crippen LogP contribution in [0.1, 0.15) is 49.9 Å². The monoisotopic (exact) mass is 346 g/mol. The minimum Gasteiger partial charge on any atom is -0.294 e. The van der Waals surface area contributed by atoms with Crippen molar-refractivity contribution in [3.63, 3.8) is 0 Å². The van der Waals surface area contributed by atoms with Gasteiger partial charge in [0.2, 0.25) is 0 Å². The Morgan fingerprint density at radius 3 is 2.64 bits per heavy atom. The summed E-state index contributed by atoms with van der Waals surface area (Å²) in [5.41, 5.74) is 1.09. The van der Waals surface area contributed by atoms with Crippen molar-refractivity contribution in [1.29, 1.82) is 0 Å². The minimum atomic E-state index is -2.60. The molecule has 1 N–H and O–H groups in total. The summed E-state index contributed by atoms with van der Waals surface area (Å²) < 4.78 is 28.4. The van der Waals surface area contributed by atoms with E-state index in [0.717, 1.165) is 36.3 Å². The number of aromatic amines is 1. The van der Waals surface area contributed by atoms with Gasteiger partial charge in [-0.15, -0.1) is 0 Å². The molecule has 2 aromatic heterocycles. The maximum atomic E-state index is 13.7. The fourth-order valence-electron chi connectivity index (χ4n) is 3.70.